The van der Waals surface area contributed by atoms with Gasteiger partial charge in [-0.05, 0) is 79.5 Å². The van der Waals surface area contributed by atoms with Crippen LogP contribution in [-0.4, -0.2) is 43.7 Å². The minimum Gasteiger partial charge on any atom is -0.392 e. The number of nitrogens with one attached hydrogen (secondary N) is 3. The Balaban J connectivity index is 1.04. The van der Waals surface area contributed by atoms with Gasteiger partial charge in [0.2, 0.25) is 0 Å². The molecule has 2 amide bonds. The number of rotatable bonds is 8. The first-order valence-electron chi connectivity index (χ1n) is 15.1. The lowest BCUT2D eigenvalue weighted by Gasteiger charge is -2.56. The zero-order valence-corrected chi connectivity index (χ0v) is 24.7. The van der Waals surface area contributed by atoms with Crippen LogP contribution in [0.25, 0.3) is 0 Å². The molecule has 1 aromatic heterocycles. The predicted octanol–water partition coefficient (Wildman–Crippen LogP) is 5.97. The fourth-order valence-corrected chi connectivity index (χ4v) is 9.07. The van der Waals surface area contributed by atoms with E-state index in [1.165, 1.54) is 25.6 Å². The number of H-pyrrole nitrogens is 1. The maximum Gasteiger partial charge on any atom is 0.319 e. The smallest absolute Gasteiger partial charge is 0.319 e. The number of aliphatic hydroxyl groups excluding tert-OH is 1. The highest BCUT2D eigenvalue weighted by atomic mass is 32.2. The van der Waals surface area contributed by atoms with Crippen LogP contribution < -0.4 is 10.6 Å². The molecule has 4 aliphatic carbocycles. The number of thioether (sulfide) groups is 1. The lowest BCUT2D eigenvalue weighted by Crippen LogP contribution is -2.60. The maximum atomic E-state index is 13.1. The Hall–Kier alpha value is -2.92. The Kier molecular flexibility index (Phi) is 7.73. The molecule has 5 aliphatic rings. The number of benzene rings is 2. The molecule has 10 heteroatoms. The first-order chi connectivity index (χ1) is 20.4. The van der Waals surface area contributed by atoms with E-state index in [4.69, 9.17) is 9.47 Å². The van der Waals surface area contributed by atoms with Crippen molar-refractivity contribution in [3.05, 3.63) is 71.5 Å². The largest absolute Gasteiger partial charge is 0.392 e. The van der Waals surface area contributed by atoms with E-state index in [2.05, 4.69) is 32.7 Å². The predicted molar refractivity (Wildman–Crippen MR) is 160 cm³/mol. The van der Waals surface area contributed by atoms with Gasteiger partial charge in [0.15, 0.2) is 11.4 Å². The van der Waals surface area contributed by atoms with Gasteiger partial charge in [-0.1, -0.05) is 55.1 Å². The fourth-order valence-electron chi connectivity index (χ4n) is 8.13. The zero-order chi connectivity index (χ0) is 28.7. The standard InChI is InChI=1S/C32H39N5O4S/c1-19-27(17-42-31-33-18-34-37-31)40-29(41-28(19)24-4-2-20(16-38)3-5-24)25-6-8-26(9-7-25)35-30(39)36-32-13-21-10-22(14-32)12-23(11-21)15-32/h2-9,18-19,21-23,27-29,38H,10-17H2,1H3,(H,33,34,37)(H2,35,36,39). The number of amides is 2. The SMILES string of the molecule is CC1C(CSc2ncn[nH]2)OC(c2ccc(NC(=O)NC34CC5CC(CC(C5)C3)C4)cc2)OC1c1ccc(CO)cc1. The molecule has 4 N–H and O–H groups in total. The van der Waals surface area contributed by atoms with E-state index in [0.29, 0.717) is 5.75 Å². The number of aliphatic hydroxyl groups is 1. The number of aromatic nitrogens is 3. The van der Waals surface area contributed by atoms with Crippen molar-refractivity contribution in [3.8, 4) is 0 Å². The first-order valence-corrected chi connectivity index (χ1v) is 16.1. The number of urea groups is 1. The molecule has 9 nitrogen and oxygen atoms in total. The maximum absolute atomic E-state index is 13.1. The Morgan fingerprint density at radius 2 is 1.67 bits per heavy atom. The van der Waals surface area contributed by atoms with Gasteiger partial charge >= 0.3 is 6.03 Å². The second kappa shape index (κ2) is 11.6. The molecule has 42 heavy (non-hydrogen) atoms. The molecule has 0 radical (unpaired) electrons. The minimum atomic E-state index is -0.570. The molecule has 8 rings (SSSR count). The molecule has 4 atom stereocenters. The summed E-state index contributed by atoms with van der Waals surface area (Å²) in [7, 11) is 0. The van der Waals surface area contributed by atoms with E-state index >= 15 is 0 Å². The van der Waals surface area contributed by atoms with Crippen molar-refractivity contribution in [2.24, 2.45) is 23.7 Å². The average Bonchev–Trinajstić information content (AvgIpc) is 3.50. The van der Waals surface area contributed by atoms with Gasteiger partial charge in [0, 0.05) is 28.5 Å². The van der Waals surface area contributed by atoms with Crippen LogP contribution in [0, 0.1) is 23.7 Å². The van der Waals surface area contributed by atoms with Gasteiger partial charge in [0.25, 0.3) is 0 Å². The number of anilines is 1. The summed E-state index contributed by atoms with van der Waals surface area (Å²) in [6.07, 6.45) is 8.06. The van der Waals surface area contributed by atoms with Crippen molar-refractivity contribution in [1.29, 1.82) is 0 Å². The summed E-state index contributed by atoms with van der Waals surface area (Å²) in [4.78, 5) is 17.3. The van der Waals surface area contributed by atoms with E-state index in [0.717, 1.165) is 64.6 Å². The van der Waals surface area contributed by atoms with Crippen molar-refractivity contribution >= 4 is 23.5 Å². The Morgan fingerprint density at radius 1 is 1.00 bits per heavy atom. The third-order valence-corrected chi connectivity index (χ3v) is 10.7. The zero-order valence-electron chi connectivity index (χ0n) is 23.9. The molecule has 5 fully saturated rings. The number of ether oxygens (including phenoxy) is 2. The van der Waals surface area contributed by atoms with Gasteiger partial charge in [-0.2, -0.15) is 5.10 Å². The lowest BCUT2D eigenvalue weighted by molar-refractivity contribution is -0.268. The molecule has 1 aliphatic heterocycles. The van der Waals surface area contributed by atoms with Crippen LogP contribution in [0.5, 0.6) is 0 Å². The van der Waals surface area contributed by atoms with E-state index < -0.39 is 6.29 Å². The van der Waals surface area contributed by atoms with Crippen molar-refractivity contribution < 1.29 is 19.4 Å². The van der Waals surface area contributed by atoms with Crippen LogP contribution in [-0.2, 0) is 16.1 Å². The molecule has 2 aromatic carbocycles. The second-order valence-electron chi connectivity index (χ2n) is 12.8. The summed E-state index contributed by atoms with van der Waals surface area (Å²) in [6, 6.07) is 15.6. The summed E-state index contributed by atoms with van der Waals surface area (Å²) >= 11 is 1.57. The Morgan fingerprint density at radius 3 is 2.29 bits per heavy atom. The monoisotopic (exact) mass is 589 g/mol. The number of carbonyl (C=O) groups is 1. The summed E-state index contributed by atoms with van der Waals surface area (Å²) in [5.74, 6) is 3.10. The van der Waals surface area contributed by atoms with E-state index in [1.807, 2.05) is 48.5 Å². The Labute approximate surface area is 250 Å². The molecule has 4 unspecified atom stereocenters. The van der Waals surface area contributed by atoms with Gasteiger partial charge in [0.1, 0.15) is 6.33 Å². The van der Waals surface area contributed by atoms with Crippen molar-refractivity contribution in [2.75, 3.05) is 11.1 Å². The molecule has 4 saturated carbocycles. The third kappa shape index (κ3) is 5.82. The first kappa shape index (κ1) is 27.9. The number of carbonyl (C=O) groups excluding carboxylic acids is 1. The highest BCUT2D eigenvalue weighted by molar-refractivity contribution is 7.99. The number of nitrogens with zero attached hydrogens (tertiary/aromatic N) is 2. The van der Waals surface area contributed by atoms with Gasteiger partial charge in [-0.25, -0.2) is 9.78 Å². The summed E-state index contributed by atoms with van der Waals surface area (Å²) in [5.41, 5.74) is 3.52. The highest BCUT2D eigenvalue weighted by Crippen LogP contribution is 2.55. The topological polar surface area (TPSA) is 121 Å². The quantitative estimate of drug-likeness (QED) is 0.239. The third-order valence-electron chi connectivity index (χ3n) is 9.76. The lowest BCUT2D eigenvalue weighted by atomic mass is 9.53. The molecule has 3 aromatic rings. The van der Waals surface area contributed by atoms with Gasteiger partial charge in [-0.3, -0.25) is 5.10 Å². The summed E-state index contributed by atoms with van der Waals surface area (Å²) in [6.45, 7) is 2.15. The summed E-state index contributed by atoms with van der Waals surface area (Å²) < 4.78 is 13.1. The van der Waals surface area contributed by atoms with Crippen molar-refractivity contribution in [2.45, 2.75) is 81.2 Å². The van der Waals surface area contributed by atoms with Crippen molar-refractivity contribution in [1.82, 2.24) is 20.5 Å². The van der Waals surface area contributed by atoms with E-state index in [1.54, 1.807) is 11.8 Å². The van der Waals surface area contributed by atoms with Crippen molar-refractivity contribution in [3.63, 3.8) is 0 Å². The van der Waals surface area contributed by atoms with Crippen LogP contribution in [0.1, 0.15) is 74.5 Å². The second-order valence-corrected chi connectivity index (χ2v) is 13.8. The van der Waals surface area contributed by atoms with Gasteiger partial charge in [-0.15, -0.1) is 0 Å². The van der Waals surface area contributed by atoms with Crippen LogP contribution in [0.2, 0.25) is 0 Å². The fraction of sp³-hybridized carbons (Fsp3) is 0.531. The number of hydrogen-bond acceptors (Lipinski definition) is 7. The average molecular weight is 590 g/mol. The molecule has 4 bridgehead atoms. The number of hydrogen-bond donors (Lipinski definition) is 4. The molecule has 222 valence electrons. The molecular weight excluding hydrogens is 550 g/mol. The normalized spacial score (nSPS) is 33.4. The van der Waals surface area contributed by atoms with Crippen LogP contribution in [0.15, 0.2) is 60.0 Å². The number of aromatic amines is 1. The summed E-state index contributed by atoms with van der Waals surface area (Å²) in [5, 5.41) is 23.6. The minimum absolute atomic E-state index is 0.00445. The van der Waals surface area contributed by atoms with Gasteiger partial charge < -0.3 is 25.2 Å². The Bertz CT molecular complexity index is 1330. The van der Waals surface area contributed by atoms with Crippen LogP contribution >= 0.6 is 11.8 Å². The van der Waals surface area contributed by atoms with Gasteiger partial charge in [0.05, 0.1) is 18.8 Å². The van der Waals surface area contributed by atoms with Crippen LogP contribution in [0.3, 0.4) is 0 Å². The molecule has 2 heterocycles. The highest BCUT2D eigenvalue weighted by Gasteiger charge is 2.51. The molecular formula is C32H39N5O4S. The van der Waals surface area contributed by atoms with E-state index in [-0.39, 0.29) is 36.3 Å². The molecule has 0 spiro atoms. The molecule has 1 saturated heterocycles. The van der Waals surface area contributed by atoms with E-state index in [9.17, 15) is 9.90 Å². The van der Waals surface area contributed by atoms with Crippen LogP contribution in [0.4, 0.5) is 10.5 Å².